The number of ether oxygens (including phenoxy) is 1. The van der Waals surface area contributed by atoms with Crippen molar-refractivity contribution in [3.05, 3.63) is 59.7 Å². The van der Waals surface area contributed by atoms with E-state index in [9.17, 15) is 0 Å². The Labute approximate surface area is 115 Å². The number of nitrogens with two attached hydrogens (primary N) is 1. The molecule has 2 aromatic carbocycles. The van der Waals surface area contributed by atoms with E-state index in [2.05, 4.69) is 26.0 Å². The van der Waals surface area contributed by atoms with Gasteiger partial charge in [-0.3, -0.25) is 0 Å². The van der Waals surface area contributed by atoms with Gasteiger partial charge in [-0.15, -0.1) is 0 Å². The maximum absolute atomic E-state index is 5.98. The second-order valence-corrected chi connectivity index (χ2v) is 5.16. The first kappa shape index (κ1) is 13.6. The van der Waals surface area contributed by atoms with Crippen molar-refractivity contribution in [2.45, 2.75) is 32.7 Å². The zero-order valence-electron chi connectivity index (χ0n) is 11.8. The molecule has 0 spiro atoms. The maximum atomic E-state index is 5.98. The molecule has 0 heterocycles. The van der Waals surface area contributed by atoms with E-state index in [0.717, 1.165) is 17.1 Å². The van der Waals surface area contributed by atoms with Crippen molar-refractivity contribution in [1.82, 2.24) is 0 Å². The van der Waals surface area contributed by atoms with Crippen molar-refractivity contribution in [1.29, 1.82) is 0 Å². The first-order valence-corrected chi connectivity index (χ1v) is 6.70. The number of para-hydroxylation sites is 1. The quantitative estimate of drug-likeness (QED) is 0.865. The average Bonchev–Trinajstić information content (AvgIpc) is 2.39. The Morgan fingerprint density at radius 3 is 2.37 bits per heavy atom. The second kappa shape index (κ2) is 5.89. The van der Waals surface area contributed by atoms with Gasteiger partial charge in [-0.1, -0.05) is 44.2 Å². The van der Waals surface area contributed by atoms with Crippen molar-refractivity contribution in [2.24, 2.45) is 5.73 Å². The minimum absolute atomic E-state index is 0.0375. The van der Waals surface area contributed by atoms with Gasteiger partial charge < -0.3 is 10.5 Å². The lowest BCUT2D eigenvalue weighted by Crippen LogP contribution is -2.06. The topological polar surface area (TPSA) is 35.2 Å². The summed E-state index contributed by atoms with van der Waals surface area (Å²) in [5.41, 5.74) is 8.27. The lowest BCUT2D eigenvalue weighted by atomic mass is 10.0. The van der Waals surface area contributed by atoms with Gasteiger partial charge in [0, 0.05) is 11.6 Å². The van der Waals surface area contributed by atoms with E-state index in [1.807, 2.05) is 43.3 Å². The molecule has 2 N–H and O–H groups in total. The summed E-state index contributed by atoms with van der Waals surface area (Å²) in [6.45, 7) is 6.32. The molecule has 2 nitrogen and oxygen atoms in total. The normalized spacial score (nSPS) is 12.5. The Hall–Kier alpha value is -1.80. The molecule has 0 aromatic heterocycles. The molecule has 0 aliphatic rings. The first-order valence-electron chi connectivity index (χ1n) is 6.70. The highest BCUT2D eigenvalue weighted by atomic mass is 16.5. The molecule has 1 atom stereocenters. The average molecular weight is 255 g/mol. The summed E-state index contributed by atoms with van der Waals surface area (Å²) >= 11 is 0. The van der Waals surface area contributed by atoms with E-state index in [1.165, 1.54) is 5.56 Å². The minimum Gasteiger partial charge on any atom is -0.457 e. The van der Waals surface area contributed by atoms with Crippen LogP contribution in [0.3, 0.4) is 0 Å². The Bertz CT molecular complexity index is 546. The van der Waals surface area contributed by atoms with Crippen LogP contribution in [0.5, 0.6) is 11.5 Å². The fourth-order valence-electron chi connectivity index (χ4n) is 2.01. The second-order valence-electron chi connectivity index (χ2n) is 5.16. The molecule has 0 saturated carbocycles. The third-order valence-electron chi connectivity index (χ3n) is 3.16. The van der Waals surface area contributed by atoms with Crippen molar-refractivity contribution < 1.29 is 4.74 Å². The molecule has 2 rings (SSSR count). The fourth-order valence-corrected chi connectivity index (χ4v) is 2.01. The molecule has 0 aliphatic heterocycles. The van der Waals surface area contributed by atoms with Crippen molar-refractivity contribution >= 4 is 0 Å². The van der Waals surface area contributed by atoms with Crippen LogP contribution >= 0.6 is 0 Å². The predicted octanol–water partition coefficient (Wildman–Crippen LogP) is 4.62. The number of benzene rings is 2. The first-order chi connectivity index (χ1) is 9.08. The maximum Gasteiger partial charge on any atom is 0.132 e. The molecule has 0 radical (unpaired) electrons. The smallest absolute Gasteiger partial charge is 0.132 e. The van der Waals surface area contributed by atoms with E-state index in [0.29, 0.717) is 5.92 Å². The van der Waals surface area contributed by atoms with Crippen LogP contribution < -0.4 is 10.5 Å². The van der Waals surface area contributed by atoms with Gasteiger partial charge in [0.1, 0.15) is 11.5 Å². The molecule has 0 amide bonds. The van der Waals surface area contributed by atoms with Crippen molar-refractivity contribution in [3.8, 4) is 11.5 Å². The van der Waals surface area contributed by atoms with Gasteiger partial charge in [0.15, 0.2) is 0 Å². The number of hydrogen-bond acceptors (Lipinski definition) is 2. The van der Waals surface area contributed by atoms with Gasteiger partial charge in [-0.2, -0.15) is 0 Å². The Balaban J connectivity index is 2.29. The van der Waals surface area contributed by atoms with Gasteiger partial charge in [-0.25, -0.2) is 0 Å². The van der Waals surface area contributed by atoms with Gasteiger partial charge in [0.05, 0.1) is 0 Å². The van der Waals surface area contributed by atoms with Gasteiger partial charge in [-0.05, 0) is 36.6 Å². The van der Waals surface area contributed by atoms with Crippen LogP contribution in [0, 0.1) is 0 Å². The molecule has 100 valence electrons. The van der Waals surface area contributed by atoms with Gasteiger partial charge in [0.2, 0.25) is 0 Å². The number of hydrogen-bond donors (Lipinski definition) is 1. The lowest BCUT2D eigenvalue weighted by molar-refractivity contribution is 0.471. The zero-order valence-corrected chi connectivity index (χ0v) is 11.8. The molecule has 2 heteroatoms. The van der Waals surface area contributed by atoms with E-state index in [-0.39, 0.29) is 6.04 Å². The van der Waals surface area contributed by atoms with Crippen LogP contribution in [-0.2, 0) is 0 Å². The Morgan fingerprint density at radius 2 is 1.68 bits per heavy atom. The molecule has 0 fully saturated rings. The van der Waals surface area contributed by atoms with Gasteiger partial charge >= 0.3 is 0 Å². The molecule has 0 bridgehead atoms. The molecule has 19 heavy (non-hydrogen) atoms. The van der Waals surface area contributed by atoms with Gasteiger partial charge in [0.25, 0.3) is 0 Å². The fraction of sp³-hybridized carbons (Fsp3) is 0.294. The summed E-state index contributed by atoms with van der Waals surface area (Å²) in [6, 6.07) is 16.1. The molecular formula is C17H21NO. The van der Waals surface area contributed by atoms with E-state index >= 15 is 0 Å². The van der Waals surface area contributed by atoms with Crippen LogP contribution in [-0.4, -0.2) is 0 Å². The van der Waals surface area contributed by atoms with Crippen LogP contribution in [0.2, 0.25) is 0 Å². The highest BCUT2D eigenvalue weighted by molar-refractivity contribution is 5.40. The molecule has 0 aliphatic carbocycles. The summed E-state index contributed by atoms with van der Waals surface area (Å²) in [5, 5.41) is 0. The monoisotopic (exact) mass is 255 g/mol. The van der Waals surface area contributed by atoms with E-state index in [1.54, 1.807) is 0 Å². The SMILES string of the molecule is CC(C)c1cccc(Oc2ccccc2C(C)N)c1. The summed E-state index contributed by atoms with van der Waals surface area (Å²) in [5.74, 6) is 2.19. The molecule has 2 aromatic rings. The standard InChI is InChI=1S/C17H21NO/c1-12(2)14-7-6-8-15(11-14)19-17-10-5-4-9-16(17)13(3)18/h4-13H,18H2,1-3H3. The van der Waals surface area contributed by atoms with E-state index in [4.69, 9.17) is 10.5 Å². The lowest BCUT2D eigenvalue weighted by Gasteiger charge is -2.14. The molecule has 0 saturated heterocycles. The summed E-state index contributed by atoms with van der Waals surface area (Å²) < 4.78 is 5.98. The van der Waals surface area contributed by atoms with Crippen LogP contribution in [0.15, 0.2) is 48.5 Å². The van der Waals surface area contributed by atoms with Crippen molar-refractivity contribution in [2.75, 3.05) is 0 Å². The molecular weight excluding hydrogens is 234 g/mol. The van der Waals surface area contributed by atoms with Crippen LogP contribution in [0.1, 0.15) is 43.9 Å². The van der Waals surface area contributed by atoms with Crippen LogP contribution in [0.25, 0.3) is 0 Å². The minimum atomic E-state index is -0.0375. The Morgan fingerprint density at radius 1 is 0.947 bits per heavy atom. The summed E-state index contributed by atoms with van der Waals surface area (Å²) in [4.78, 5) is 0. The highest BCUT2D eigenvalue weighted by Crippen LogP contribution is 2.30. The predicted molar refractivity (Wildman–Crippen MR) is 79.6 cm³/mol. The summed E-state index contributed by atoms with van der Waals surface area (Å²) in [7, 11) is 0. The third kappa shape index (κ3) is 3.36. The largest absolute Gasteiger partial charge is 0.457 e. The highest BCUT2D eigenvalue weighted by Gasteiger charge is 2.08. The summed E-state index contributed by atoms with van der Waals surface area (Å²) in [6.07, 6.45) is 0. The number of rotatable bonds is 4. The molecule has 1 unspecified atom stereocenters. The zero-order chi connectivity index (χ0) is 13.8. The Kier molecular flexibility index (Phi) is 4.23. The van der Waals surface area contributed by atoms with E-state index < -0.39 is 0 Å². The third-order valence-corrected chi connectivity index (χ3v) is 3.16. The van der Waals surface area contributed by atoms with Crippen LogP contribution in [0.4, 0.5) is 0 Å². The van der Waals surface area contributed by atoms with Crippen molar-refractivity contribution in [3.63, 3.8) is 0 Å².